The van der Waals surface area contributed by atoms with Gasteiger partial charge < -0.3 is 4.90 Å². The van der Waals surface area contributed by atoms with Crippen LogP contribution in [0.3, 0.4) is 0 Å². The topological polar surface area (TPSA) is 6.48 Å². The minimum absolute atomic E-state index is 0.453. The first-order valence-corrected chi connectivity index (χ1v) is 7.56. The Morgan fingerprint density at radius 3 is 2.12 bits per heavy atom. The molecule has 2 heteroatoms. The maximum absolute atomic E-state index is 2.74. The van der Waals surface area contributed by atoms with Crippen molar-refractivity contribution in [1.82, 2.24) is 9.80 Å². The molecule has 1 unspecified atom stereocenters. The van der Waals surface area contributed by atoms with E-state index in [9.17, 15) is 0 Å². The third-order valence-electron chi connectivity index (χ3n) is 4.60. The van der Waals surface area contributed by atoms with E-state index in [-0.39, 0.29) is 0 Å². The average molecular weight is 240 g/mol. The number of likely N-dealkylation sites (N-methyl/N-ethyl adjacent to an activating group) is 1. The van der Waals surface area contributed by atoms with Crippen LogP contribution in [-0.2, 0) is 0 Å². The van der Waals surface area contributed by atoms with Crippen molar-refractivity contribution in [2.45, 2.75) is 64.8 Å². The molecule has 1 aliphatic heterocycles. The number of rotatable bonds is 7. The van der Waals surface area contributed by atoms with Gasteiger partial charge in [0, 0.05) is 31.7 Å². The van der Waals surface area contributed by atoms with Crippen LogP contribution in [-0.4, -0.2) is 48.6 Å². The summed E-state index contributed by atoms with van der Waals surface area (Å²) in [5.41, 5.74) is 0.453. The van der Waals surface area contributed by atoms with E-state index in [1.807, 2.05) is 0 Å². The first kappa shape index (κ1) is 15.0. The molecule has 1 aliphatic rings. The lowest BCUT2D eigenvalue weighted by Crippen LogP contribution is -2.54. The van der Waals surface area contributed by atoms with Gasteiger partial charge in [0.15, 0.2) is 0 Å². The van der Waals surface area contributed by atoms with Crippen molar-refractivity contribution < 1.29 is 0 Å². The van der Waals surface area contributed by atoms with Gasteiger partial charge in [-0.1, -0.05) is 39.5 Å². The van der Waals surface area contributed by atoms with E-state index in [2.05, 4.69) is 37.6 Å². The summed E-state index contributed by atoms with van der Waals surface area (Å²) < 4.78 is 0. The number of unbranched alkanes of at least 4 members (excludes halogenated alkanes) is 3. The lowest BCUT2D eigenvalue weighted by Gasteiger charge is -2.45. The predicted molar refractivity (Wildman–Crippen MR) is 76.5 cm³/mol. The molecule has 1 heterocycles. The van der Waals surface area contributed by atoms with Gasteiger partial charge in [-0.25, -0.2) is 0 Å². The van der Waals surface area contributed by atoms with Crippen LogP contribution in [0.25, 0.3) is 0 Å². The highest BCUT2D eigenvalue weighted by Crippen LogP contribution is 2.27. The summed E-state index contributed by atoms with van der Waals surface area (Å²) in [5, 5.41) is 0. The molecule has 1 saturated heterocycles. The zero-order valence-corrected chi connectivity index (χ0v) is 12.5. The fraction of sp³-hybridized carbons (Fsp3) is 1.00. The SMILES string of the molecule is CCCCCCC(C)(CC)N1CCN(C)CC1. The molecule has 1 atom stereocenters. The number of hydrogen-bond donors (Lipinski definition) is 0. The second kappa shape index (κ2) is 7.38. The first-order valence-electron chi connectivity index (χ1n) is 7.56. The van der Waals surface area contributed by atoms with E-state index in [1.165, 1.54) is 64.7 Å². The highest BCUT2D eigenvalue weighted by molar-refractivity contribution is 4.87. The lowest BCUT2D eigenvalue weighted by atomic mass is 9.88. The molecule has 2 nitrogen and oxygen atoms in total. The fourth-order valence-corrected chi connectivity index (χ4v) is 2.84. The summed E-state index contributed by atoms with van der Waals surface area (Å²) in [6, 6.07) is 0. The number of hydrogen-bond acceptors (Lipinski definition) is 2. The maximum Gasteiger partial charge on any atom is 0.0179 e. The fourth-order valence-electron chi connectivity index (χ4n) is 2.84. The van der Waals surface area contributed by atoms with Crippen LogP contribution >= 0.6 is 0 Å². The summed E-state index contributed by atoms with van der Waals surface area (Å²) in [6.45, 7) is 12.1. The summed E-state index contributed by atoms with van der Waals surface area (Å²) in [5.74, 6) is 0. The molecule has 0 spiro atoms. The minimum Gasteiger partial charge on any atom is -0.304 e. The molecule has 0 aliphatic carbocycles. The van der Waals surface area contributed by atoms with Gasteiger partial charge in [-0.15, -0.1) is 0 Å². The highest BCUT2D eigenvalue weighted by atomic mass is 15.3. The molecular weight excluding hydrogens is 208 g/mol. The quantitative estimate of drug-likeness (QED) is 0.630. The Morgan fingerprint density at radius 2 is 1.59 bits per heavy atom. The third kappa shape index (κ3) is 4.59. The standard InChI is InChI=1S/C15H32N2/c1-5-7-8-9-10-15(3,6-2)17-13-11-16(4)12-14-17/h5-14H2,1-4H3. The van der Waals surface area contributed by atoms with Crippen molar-refractivity contribution in [2.75, 3.05) is 33.2 Å². The monoisotopic (exact) mass is 240 g/mol. The van der Waals surface area contributed by atoms with Crippen molar-refractivity contribution in [3.8, 4) is 0 Å². The van der Waals surface area contributed by atoms with Crippen molar-refractivity contribution in [3.63, 3.8) is 0 Å². The Labute approximate surface area is 108 Å². The van der Waals surface area contributed by atoms with Crippen molar-refractivity contribution in [2.24, 2.45) is 0 Å². The van der Waals surface area contributed by atoms with Crippen LogP contribution in [0.15, 0.2) is 0 Å². The van der Waals surface area contributed by atoms with Gasteiger partial charge in [0.25, 0.3) is 0 Å². The van der Waals surface area contributed by atoms with E-state index in [0.717, 1.165) is 0 Å². The van der Waals surface area contributed by atoms with E-state index in [4.69, 9.17) is 0 Å². The van der Waals surface area contributed by atoms with Gasteiger partial charge in [-0.05, 0) is 26.8 Å². The van der Waals surface area contributed by atoms with Crippen LogP contribution in [0.5, 0.6) is 0 Å². The molecular formula is C15H32N2. The molecule has 17 heavy (non-hydrogen) atoms. The normalized spacial score (nSPS) is 22.6. The third-order valence-corrected chi connectivity index (χ3v) is 4.60. The number of nitrogens with zero attached hydrogens (tertiary/aromatic N) is 2. The van der Waals surface area contributed by atoms with Crippen LogP contribution in [0, 0.1) is 0 Å². The Bertz CT molecular complexity index is 197. The van der Waals surface area contributed by atoms with Gasteiger partial charge in [-0.3, -0.25) is 4.90 Å². The molecule has 0 aromatic rings. The molecule has 102 valence electrons. The van der Waals surface area contributed by atoms with E-state index < -0.39 is 0 Å². The second-order valence-electron chi connectivity index (χ2n) is 5.95. The van der Waals surface area contributed by atoms with E-state index >= 15 is 0 Å². The molecule has 0 radical (unpaired) electrons. The predicted octanol–water partition coefficient (Wildman–Crippen LogP) is 3.37. The van der Waals surface area contributed by atoms with Gasteiger partial charge in [0.05, 0.1) is 0 Å². The van der Waals surface area contributed by atoms with Gasteiger partial charge in [0.1, 0.15) is 0 Å². The molecule has 0 bridgehead atoms. The second-order valence-corrected chi connectivity index (χ2v) is 5.95. The zero-order valence-electron chi connectivity index (χ0n) is 12.5. The van der Waals surface area contributed by atoms with Gasteiger partial charge >= 0.3 is 0 Å². The largest absolute Gasteiger partial charge is 0.304 e. The molecule has 0 saturated carbocycles. The van der Waals surface area contributed by atoms with Crippen molar-refractivity contribution >= 4 is 0 Å². The van der Waals surface area contributed by atoms with Crippen LogP contribution in [0.1, 0.15) is 59.3 Å². The summed E-state index contributed by atoms with van der Waals surface area (Å²) in [4.78, 5) is 5.18. The Morgan fingerprint density at radius 1 is 0.941 bits per heavy atom. The molecule has 0 N–H and O–H groups in total. The van der Waals surface area contributed by atoms with Crippen molar-refractivity contribution in [3.05, 3.63) is 0 Å². The van der Waals surface area contributed by atoms with E-state index in [1.54, 1.807) is 0 Å². The lowest BCUT2D eigenvalue weighted by molar-refractivity contribution is 0.0405. The Balaban J connectivity index is 2.38. The van der Waals surface area contributed by atoms with Gasteiger partial charge in [-0.2, -0.15) is 0 Å². The maximum atomic E-state index is 2.74. The number of piperazine rings is 1. The minimum atomic E-state index is 0.453. The molecule has 0 aromatic carbocycles. The molecule has 1 fully saturated rings. The summed E-state index contributed by atoms with van der Waals surface area (Å²) in [7, 11) is 2.24. The van der Waals surface area contributed by atoms with Crippen molar-refractivity contribution in [1.29, 1.82) is 0 Å². The summed E-state index contributed by atoms with van der Waals surface area (Å²) >= 11 is 0. The first-order chi connectivity index (χ1) is 8.12. The Hall–Kier alpha value is -0.0800. The van der Waals surface area contributed by atoms with Crippen LogP contribution < -0.4 is 0 Å². The van der Waals surface area contributed by atoms with Crippen LogP contribution in [0.2, 0.25) is 0 Å². The molecule has 0 amide bonds. The average Bonchev–Trinajstić information content (AvgIpc) is 2.35. The molecule has 1 rings (SSSR count). The molecule has 0 aromatic heterocycles. The summed E-state index contributed by atoms with van der Waals surface area (Å²) in [6.07, 6.45) is 8.25. The van der Waals surface area contributed by atoms with Crippen LogP contribution in [0.4, 0.5) is 0 Å². The zero-order chi connectivity index (χ0) is 12.7. The Kier molecular flexibility index (Phi) is 6.50. The highest BCUT2D eigenvalue weighted by Gasteiger charge is 2.31. The smallest absolute Gasteiger partial charge is 0.0179 e. The van der Waals surface area contributed by atoms with Gasteiger partial charge in [0.2, 0.25) is 0 Å². The van der Waals surface area contributed by atoms with E-state index in [0.29, 0.717) is 5.54 Å².